The molecule has 0 aliphatic carbocycles. The highest BCUT2D eigenvalue weighted by atomic mass is 32.2. The summed E-state index contributed by atoms with van der Waals surface area (Å²) in [6.07, 6.45) is 2.73. The van der Waals surface area contributed by atoms with Gasteiger partial charge >= 0.3 is 0 Å². The van der Waals surface area contributed by atoms with Crippen molar-refractivity contribution < 1.29 is 4.79 Å². The highest BCUT2D eigenvalue weighted by molar-refractivity contribution is 7.99. The molecule has 5 heteroatoms. The molecule has 1 aromatic carbocycles. The zero-order valence-electron chi connectivity index (χ0n) is 13.3. The number of likely N-dealkylation sites (tertiary alicyclic amines) is 1. The minimum atomic E-state index is -0.635. The summed E-state index contributed by atoms with van der Waals surface area (Å²) in [7, 11) is 0. The lowest BCUT2D eigenvalue weighted by Crippen LogP contribution is -2.52. The zero-order valence-corrected chi connectivity index (χ0v) is 14.1. The van der Waals surface area contributed by atoms with Gasteiger partial charge in [-0.15, -0.1) is 0 Å². The van der Waals surface area contributed by atoms with Crippen LogP contribution < -0.4 is 5.32 Å². The van der Waals surface area contributed by atoms with E-state index in [4.69, 9.17) is 0 Å². The van der Waals surface area contributed by atoms with Gasteiger partial charge in [0.15, 0.2) is 0 Å². The lowest BCUT2D eigenvalue weighted by molar-refractivity contribution is -0.128. The lowest BCUT2D eigenvalue weighted by Gasteiger charge is -2.33. The highest BCUT2D eigenvalue weighted by Gasteiger charge is 2.38. The molecule has 1 amide bonds. The number of hydrogen-bond acceptors (Lipinski definition) is 4. The third kappa shape index (κ3) is 4.07. The van der Waals surface area contributed by atoms with Crippen molar-refractivity contribution >= 4 is 17.7 Å². The van der Waals surface area contributed by atoms with Gasteiger partial charge in [-0.2, -0.15) is 17.0 Å². The van der Waals surface area contributed by atoms with E-state index in [-0.39, 0.29) is 11.8 Å². The Balaban J connectivity index is 1.57. The van der Waals surface area contributed by atoms with Crippen molar-refractivity contribution in [1.82, 2.24) is 10.2 Å². The van der Waals surface area contributed by atoms with Crippen LogP contribution in [-0.2, 0) is 11.3 Å². The standard InChI is InChI=1S/C18H23N3OS/c19-13-18(8-10-23-14-18)20-17(22)16-7-4-9-21(12-16)11-15-5-2-1-3-6-15/h1-3,5-6,16H,4,7-12,14H2,(H,20,22). The van der Waals surface area contributed by atoms with Crippen molar-refractivity contribution in [3.8, 4) is 6.07 Å². The van der Waals surface area contributed by atoms with E-state index in [0.29, 0.717) is 0 Å². The van der Waals surface area contributed by atoms with Crippen LogP contribution in [0.4, 0.5) is 0 Å². The molecule has 0 spiro atoms. The first-order valence-electron chi connectivity index (χ1n) is 8.28. The van der Waals surface area contributed by atoms with Crippen molar-refractivity contribution in [1.29, 1.82) is 5.26 Å². The molecule has 2 fully saturated rings. The maximum absolute atomic E-state index is 12.6. The Hall–Kier alpha value is -1.51. The average molecular weight is 329 g/mol. The molecule has 2 saturated heterocycles. The number of amides is 1. The number of nitrogens with one attached hydrogen (secondary N) is 1. The number of thioether (sulfide) groups is 1. The summed E-state index contributed by atoms with van der Waals surface area (Å²) >= 11 is 1.75. The molecule has 122 valence electrons. The van der Waals surface area contributed by atoms with E-state index in [2.05, 4.69) is 40.6 Å². The predicted molar refractivity (Wildman–Crippen MR) is 92.9 cm³/mol. The van der Waals surface area contributed by atoms with Crippen LogP contribution >= 0.6 is 11.8 Å². The number of carbonyl (C=O) groups excluding carboxylic acids is 1. The highest BCUT2D eigenvalue weighted by Crippen LogP contribution is 2.28. The Kier molecular flexibility index (Phi) is 5.24. The number of carbonyl (C=O) groups is 1. The number of hydrogen-bond donors (Lipinski definition) is 1. The summed E-state index contributed by atoms with van der Waals surface area (Å²) in [6, 6.07) is 12.7. The van der Waals surface area contributed by atoms with E-state index in [1.54, 1.807) is 11.8 Å². The van der Waals surface area contributed by atoms with Gasteiger partial charge in [0.2, 0.25) is 5.91 Å². The summed E-state index contributed by atoms with van der Waals surface area (Å²) in [4.78, 5) is 15.0. The molecule has 0 saturated carbocycles. The van der Waals surface area contributed by atoms with Crippen molar-refractivity contribution in [3.63, 3.8) is 0 Å². The van der Waals surface area contributed by atoms with Crippen molar-refractivity contribution in [2.45, 2.75) is 31.3 Å². The minimum absolute atomic E-state index is 0.00304. The maximum atomic E-state index is 12.6. The first-order valence-corrected chi connectivity index (χ1v) is 9.43. The Morgan fingerprint density at radius 1 is 1.43 bits per heavy atom. The van der Waals surface area contributed by atoms with E-state index >= 15 is 0 Å². The summed E-state index contributed by atoms with van der Waals surface area (Å²) in [6.45, 7) is 2.72. The Bertz CT molecular complexity index is 578. The minimum Gasteiger partial charge on any atom is -0.337 e. The largest absolute Gasteiger partial charge is 0.337 e. The smallest absolute Gasteiger partial charge is 0.225 e. The fraction of sp³-hybridized carbons (Fsp3) is 0.556. The van der Waals surface area contributed by atoms with E-state index in [1.807, 2.05) is 6.07 Å². The van der Waals surface area contributed by atoms with Gasteiger partial charge in [-0.3, -0.25) is 9.69 Å². The molecule has 0 radical (unpaired) electrons. The van der Waals surface area contributed by atoms with Gasteiger partial charge in [-0.25, -0.2) is 0 Å². The molecular weight excluding hydrogens is 306 g/mol. The summed E-state index contributed by atoms with van der Waals surface area (Å²) in [5, 5.41) is 12.5. The molecule has 2 heterocycles. The van der Waals surface area contributed by atoms with Gasteiger partial charge in [0.05, 0.1) is 12.0 Å². The number of nitrogens with zero attached hydrogens (tertiary/aromatic N) is 2. The van der Waals surface area contributed by atoms with Gasteiger partial charge in [-0.1, -0.05) is 30.3 Å². The van der Waals surface area contributed by atoms with Crippen LogP contribution in [-0.4, -0.2) is 40.9 Å². The maximum Gasteiger partial charge on any atom is 0.225 e. The lowest BCUT2D eigenvalue weighted by atomic mass is 9.94. The van der Waals surface area contributed by atoms with Crippen molar-refractivity contribution in [2.24, 2.45) is 5.92 Å². The topological polar surface area (TPSA) is 56.1 Å². The number of nitriles is 1. The van der Waals surface area contributed by atoms with Gasteiger partial charge in [-0.05, 0) is 37.1 Å². The molecule has 0 aromatic heterocycles. The van der Waals surface area contributed by atoms with E-state index in [9.17, 15) is 10.1 Å². The molecule has 1 aromatic rings. The van der Waals surface area contributed by atoms with Crippen LogP contribution in [0.5, 0.6) is 0 Å². The van der Waals surface area contributed by atoms with E-state index in [0.717, 1.165) is 50.4 Å². The van der Waals surface area contributed by atoms with Crippen LogP contribution in [0.15, 0.2) is 30.3 Å². The van der Waals surface area contributed by atoms with Crippen LogP contribution in [0.25, 0.3) is 0 Å². The van der Waals surface area contributed by atoms with Crippen LogP contribution in [0.2, 0.25) is 0 Å². The molecule has 4 nitrogen and oxygen atoms in total. The second kappa shape index (κ2) is 7.37. The van der Waals surface area contributed by atoms with Gasteiger partial charge in [0, 0.05) is 18.8 Å². The molecular formula is C18H23N3OS. The molecule has 23 heavy (non-hydrogen) atoms. The Morgan fingerprint density at radius 3 is 2.96 bits per heavy atom. The van der Waals surface area contributed by atoms with Crippen molar-refractivity contribution in [2.75, 3.05) is 24.6 Å². The van der Waals surface area contributed by atoms with Crippen LogP contribution in [0.1, 0.15) is 24.8 Å². The first kappa shape index (κ1) is 16.4. The zero-order chi connectivity index (χ0) is 16.1. The fourth-order valence-electron chi connectivity index (χ4n) is 3.37. The number of benzene rings is 1. The second-order valence-corrected chi connectivity index (χ2v) is 7.65. The molecule has 2 aliphatic rings. The number of piperidine rings is 1. The molecule has 1 N–H and O–H groups in total. The summed E-state index contributed by atoms with van der Waals surface area (Å²) in [5.74, 6) is 1.74. The predicted octanol–water partition coefficient (Wildman–Crippen LogP) is 2.41. The molecule has 2 aliphatic heterocycles. The number of rotatable bonds is 4. The molecule has 0 bridgehead atoms. The average Bonchev–Trinajstić information content (AvgIpc) is 3.05. The summed E-state index contributed by atoms with van der Waals surface area (Å²) < 4.78 is 0. The third-order valence-corrected chi connectivity index (χ3v) is 5.91. The van der Waals surface area contributed by atoms with Gasteiger partial charge in [0.1, 0.15) is 5.54 Å². The van der Waals surface area contributed by atoms with Crippen LogP contribution in [0, 0.1) is 17.2 Å². The van der Waals surface area contributed by atoms with Crippen LogP contribution in [0.3, 0.4) is 0 Å². The molecule has 3 rings (SSSR count). The molecule has 2 unspecified atom stereocenters. The second-order valence-electron chi connectivity index (χ2n) is 6.55. The van der Waals surface area contributed by atoms with Crippen molar-refractivity contribution in [3.05, 3.63) is 35.9 Å². The fourth-order valence-corrected chi connectivity index (χ4v) is 4.64. The Labute approximate surface area is 142 Å². The Morgan fingerprint density at radius 2 is 2.26 bits per heavy atom. The quantitative estimate of drug-likeness (QED) is 0.922. The summed E-state index contributed by atoms with van der Waals surface area (Å²) in [5.41, 5.74) is 0.651. The first-order chi connectivity index (χ1) is 11.2. The SMILES string of the molecule is N#CC1(NC(=O)C2CCCN(Cc3ccccc3)C2)CCSC1. The monoisotopic (exact) mass is 329 g/mol. The normalized spacial score (nSPS) is 28.2. The van der Waals surface area contributed by atoms with Gasteiger partial charge < -0.3 is 5.32 Å². The third-order valence-electron chi connectivity index (χ3n) is 4.72. The molecule has 2 atom stereocenters. The van der Waals surface area contributed by atoms with E-state index in [1.165, 1.54) is 5.56 Å². The van der Waals surface area contributed by atoms with E-state index < -0.39 is 5.54 Å². The van der Waals surface area contributed by atoms with Gasteiger partial charge in [0.25, 0.3) is 0 Å².